The molecule has 0 bridgehead atoms. The second kappa shape index (κ2) is 7.69. The Bertz CT molecular complexity index is 888. The molecule has 0 aliphatic carbocycles. The van der Waals surface area contributed by atoms with E-state index in [2.05, 4.69) is 22.2 Å². The van der Waals surface area contributed by atoms with E-state index in [9.17, 15) is 4.79 Å². The van der Waals surface area contributed by atoms with Crippen LogP contribution >= 0.6 is 0 Å². The Hall–Kier alpha value is -3.03. The first-order chi connectivity index (χ1) is 13.2. The summed E-state index contributed by atoms with van der Waals surface area (Å²) in [5.74, 6) is 1.62. The van der Waals surface area contributed by atoms with Crippen molar-refractivity contribution in [3.63, 3.8) is 0 Å². The first-order valence-corrected chi connectivity index (χ1v) is 9.28. The maximum atomic E-state index is 12.2. The van der Waals surface area contributed by atoms with Gasteiger partial charge in [-0.05, 0) is 24.8 Å². The van der Waals surface area contributed by atoms with Gasteiger partial charge in [-0.2, -0.15) is 10.2 Å². The molecule has 8 heteroatoms. The summed E-state index contributed by atoms with van der Waals surface area (Å²) < 4.78 is 3.64. The van der Waals surface area contributed by atoms with Gasteiger partial charge in [0.1, 0.15) is 25.0 Å². The Morgan fingerprint density at radius 1 is 1.19 bits per heavy atom. The molecule has 140 valence electrons. The summed E-state index contributed by atoms with van der Waals surface area (Å²) in [6.45, 7) is 3.49. The maximum Gasteiger partial charge on any atom is 0.220 e. The second-order valence-electron chi connectivity index (χ2n) is 6.85. The molecule has 1 aliphatic heterocycles. The molecule has 0 radical (unpaired) electrons. The van der Waals surface area contributed by atoms with Gasteiger partial charge in [-0.3, -0.25) is 4.79 Å². The number of nitrogens with zero attached hydrogens (tertiary/aromatic N) is 7. The minimum Gasteiger partial charge on any atom is -0.333 e. The molecule has 0 spiro atoms. The van der Waals surface area contributed by atoms with E-state index in [-0.39, 0.29) is 11.9 Å². The molecule has 1 aliphatic rings. The number of hydrogen-bond acceptors (Lipinski definition) is 5. The van der Waals surface area contributed by atoms with E-state index < -0.39 is 0 Å². The van der Waals surface area contributed by atoms with Crippen molar-refractivity contribution in [3.8, 4) is 0 Å². The first-order valence-electron chi connectivity index (χ1n) is 9.28. The molecule has 3 heterocycles. The Kier molecular flexibility index (Phi) is 4.95. The lowest BCUT2D eigenvalue weighted by molar-refractivity contribution is -0.132. The Labute approximate surface area is 157 Å². The average molecular weight is 365 g/mol. The van der Waals surface area contributed by atoms with Gasteiger partial charge < -0.3 is 4.90 Å². The predicted octanol–water partition coefficient (Wildman–Crippen LogP) is 2.04. The molecule has 27 heavy (non-hydrogen) atoms. The van der Waals surface area contributed by atoms with Crippen LogP contribution in [0.5, 0.6) is 0 Å². The number of likely N-dealkylation sites (tertiary alicyclic amines) is 1. The monoisotopic (exact) mass is 365 g/mol. The van der Waals surface area contributed by atoms with Crippen LogP contribution in [0.4, 0.5) is 0 Å². The van der Waals surface area contributed by atoms with Crippen LogP contribution in [0.15, 0.2) is 43.0 Å². The summed E-state index contributed by atoms with van der Waals surface area (Å²) >= 11 is 0. The lowest BCUT2D eigenvalue weighted by Gasteiger charge is -2.34. The molecule has 2 aromatic heterocycles. The number of carbonyl (C=O) groups is 1. The van der Waals surface area contributed by atoms with Gasteiger partial charge in [0.25, 0.3) is 0 Å². The van der Waals surface area contributed by atoms with E-state index in [1.165, 1.54) is 6.33 Å². The van der Waals surface area contributed by atoms with Crippen LogP contribution in [-0.4, -0.2) is 46.9 Å². The molecule has 4 rings (SSSR count). The summed E-state index contributed by atoms with van der Waals surface area (Å²) in [7, 11) is 0. The topological polar surface area (TPSA) is 81.7 Å². The lowest BCUT2D eigenvalue weighted by atomic mass is 10.0. The Morgan fingerprint density at radius 2 is 2.04 bits per heavy atom. The maximum absolute atomic E-state index is 12.2. The number of hydrogen-bond donors (Lipinski definition) is 0. The second-order valence-corrected chi connectivity index (χ2v) is 6.85. The van der Waals surface area contributed by atoms with Gasteiger partial charge >= 0.3 is 0 Å². The van der Waals surface area contributed by atoms with E-state index in [0.717, 1.165) is 37.2 Å². The first kappa shape index (κ1) is 17.4. The summed E-state index contributed by atoms with van der Waals surface area (Å²) in [5.41, 5.74) is 1.15. The van der Waals surface area contributed by atoms with Crippen LogP contribution < -0.4 is 0 Å². The van der Waals surface area contributed by atoms with Crippen molar-refractivity contribution in [3.05, 3.63) is 60.2 Å². The number of aromatic nitrogens is 6. The molecule has 1 fully saturated rings. The molecule has 1 saturated heterocycles. The molecule has 1 amide bonds. The van der Waals surface area contributed by atoms with E-state index in [1.54, 1.807) is 17.9 Å². The molecular formula is C19H23N7O. The van der Waals surface area contributed by atoms with Crippen LogP contribution in [0.3, 0.4) is 0 Å². The molecule has 3 aromatic rings. The molecule has 0 unspecified atom stereocenters. The molecule has 0 saturated carbocycles. The zero-order valence-corrected chi connectivity index (χ0v) is 15.4. The molecule has 0 N–H and O–H groups in total. The Balaban J connectivity index is 1.68. The largest absolute Gasteiger partial charge is 0.333 e. The van der Waals surface area contributed by atoms with Crippen molar-refractivity contribution >= 4 is 5.91 Å². The van der Waals surface area contributed by atoms with Gasteiger partial charge in [-0.15, -0.1) is 0 Å². The fraction of sp³-hybridized carbons (Fsp3) is 0.421. The van der Waals surface area contributed by atoms with Crippen LogP contribution in [0.25, 0.3) is 0 Å². The highest BCUT2D eigenvalue weighted by Crippen LogP contribution is 2.30. The third-order valence-electron chi connectivity index (χ3n) is 4.89. The molecule has 1 aromatic carbocycles. The van der Waals surface area contributed by atoms with Gasteiger partial charge in [-0.1, -0.05) is 30.3 Å². The van der Waals surface area contributed by atoms with Crippen molar-refractivity contribution < 1.29 is 4.79 Å². The number of amides is 1. The van der Waals surface area contributed by atoms with Crippen molar-refractivity contribution in [1.29, 1.82) is 0 Å². The SMILES string of the molecule is CC(=O)N1CCCC[C@@H]1c1nc(Cn2cncn2)nn1Cc1ccccc1. The number of benzene rings is 1. The average Bonchev–Trinajstić information content (AvgIpc) is 3.33. The van der Waals surface area contributed by atoms with Crippen molar-refractivity contribution in [2.24, 2.45) is 0 Å². The van der Waals surface area contributed by atoms with E-state index in [0.29, 0.717) is 18.9 Å². The molecule has 1 atom stereocenters. The minimum absolute atomic E-state index is 0.0306. The predicted molar refractivity (Wildman–Crippen MR) is 98.7 cm³/mol. The van der Waals surface area contributed by atoms with E-state index in [1.807, 2.05) is 27.8 Å². The summed E-state index contributed by atoms with van der Waals surface area (Å²) in [6, 6.07) is 10.2. The Morgan fingerprint density at radius 3 is 2.78 bits per heavy atom. The zero-order chi connectivity index (χ0) is 18.6. The number of carbonyl (C=O) groups excluding carboxylic acids is 1. The van der Waals surface area contributed by atoms with Gasteiger partial charge in [0, 0.05) is 13.5 Å². The number of rotatable bonds is 5. The third-order valence-corrected chi connectivity index (χ3v) is 4.89. The van der Waals surface area contributed by atoms with E-state index in [4.69, 9.17) is 10.1 Å². The molecular weight excluding hydrogens is 342 g/mol. The summed E-state index contributed by atoms with van der Waals surface area (Å²) in [5, 5.41) is 8.87. The highest BCUT2D eigenvalue weighted by molar-refractivity contribution is 5.73. The summed E-state index contributed by atoms with van der Waals surface area (Å²) in [4.78, 5) is 22.9. The molecule has 8 nitrogen and oxygen atoms in total. The van der Waals surface area contributed by atoms with Crippen LogP contribution in [0.1, 0.15) is 49.4 Å². The minimum atomic E-state index is -0.0306. The van der Waals surface area contributed by atoms with E-state index >= 15 is 0 Å². The van der Waals surface area contributed by atoms with Gasteiger partial charge in [-0.25, -0.2) is 19.3 Å². The third kappa shape index (κ3) is 3.89. The van der Waals surface area contributed by atoms with Crippen LogP contribution in [-0.2, 0) is 17.9 Å². The van der Waals surface area contributed by atoms with Crippen LogP contribution in [0, 0.1) is 0 Å². The zero-order valence-electron chi connectivity index (χ0n) is 15.4. The fourth-order valence-electron chi connectivity index (χ4n) is 3.63. The van der Waals surface area contributed by atoms with Crippen LogP contribution in [0.2, 0.25) is 0 Å². The standard InChI is InChI=1S/C19H23N7O/c1-15(27)25-10-6-5-9-17(25)19-22-18(12-24-14-20-13-21-24)23-26(19)11-16-7-3-2-4-8-16/h2-4,7-8,13-14,17H,5-6,9-12H2,1H3/t17-/m1/s1. The quantitative estimate of drug-likeness (QED) is 0.691. The number of piperidine rings is 1. The van der Waals surface area contributed by atoms with Gasteiger partial charge in [0.2, 0.25) is 5.91 Å². The lowest BCUT2D eigenvalue weighted by Crippen LogP contribution is -2.38. The smallest absolute Gasteiger partial charge is 0.220 e. The summed E-state index contributed by atoms with van der Waals surface area (Å²) in [6.07, 6.45) is 6.19. The highest BCUT2D eigenvalue weighted by Gasteiger charge is 2.30. The van der Waals surface area contributed by atoms with Gasteiger partial charge in [0.15, 0.2) is 5.82 Å². The highest BCUT2D eigenvalue weighted by atomic mass is 16.2. The van der Waals surface area contributed by atoms with Gasteiger partial charge in [0.05, 0.1) is 12.6 Å². The van der Waals surface area contributed by atoms with Crippen molar-refractivity contribution in [2.45, 2.75) is 45.3 Å². The normalized spacial score (nSPS) is 17.2. The van der Waals surface area contributed by atoms with Crippen molar-refractivity contribution in [1.82, 2.24) is 34.4 Å². The fourth-order valence-corrected chi connectivity index (χ4v) is 3.63. The van der Waals surface area contributed by atoms with Crippen molar-refractivity contribution in [2.75, 3.05) is 6.54 Å².